The molecule has 0 radical (unpaired) electrons. The predicted octanol–water partition coefficient (Wildman–Crippen LogP) is 1.41. The van der Waals surface area contributed by atoms with Crippen LogP contribution in [0.15, 0.2) is 27.4 Å². The fourth-order valence-electron chi connectivity index (χ4n) is 1.11. The van der Waals surface area contributed by atoms with E-state index in [9.17, 15) is 8.42 Å². The Bertz CT molecular complexity index is 518. The van der Waals surface area contributed by atoms with E-state index in [1.165, 1.54) is 12.5 Å². The summed E-state index contributed by atoms with van der Waals surface area (Å²) in [5, 5.41) is 0. The lowest BCUT2D eigenvalue weighted by atomic mass is 10.3. The van der Waals surface area contributed by atoms with E-state index >= 15 is 0 Å². The maximum Gasteiger partial charge on any atom is 0.269 e. The molecule has 0 unspecified atom stereocenters. The maximum absolute atomic E-state index is 10.5. The van der Waals surface area contributed by atoms with Crippen molar-refractivity contribution in [2.45, 2.75) is 5.75 Å². The lowest BCUT2D eigenvalue weighted by Gasteiger charge is -1.90. The molecule has 0 aromatic carbocycles. The van der Waals surface area contributed by atoms with Crippen molar-refractivity contribution < 1.29 is 21.8 Å². The maximum atomic E-state index is 10.5. The Morgan fingerprint density at radius 2 is 2.15 bits per heavy atom. The summed E-state index contributed by atoms with van der Waals surface area (Å²) in [6.07, 6.45) is 2.64. The van der Waals surface area contributed by atoms with Crippen molar-refractivity contribution in [3.05, 3.63) is 24.2 Å². The molecular formula is C7H6O5S. The predicted molar refractivity (Wildman–Crippen MR) is 43.7 cm³/mol. The van der Waals surface area contributed by atoms with Gasteiger partial charge in [0.1, 0.15) is 5.75 Å². The van der Waals surface area contributed by atoms with Crippen LogP contribution < -0.4 is 0 Å². The highest BCUT2D eigenvalue weighted by Gasteiger charge is 2.14. The third-order valence-electron chi connectivity index (χ3n) is 1.59. The first-order chi connectivity index (χ1) is 6.06. The Morgan fingerprint density at radius 1 is 1.38 bits per heavy atom. The van der Waals surface area contributed by atoms with E-state index in [1.54, 1.807) is 6.07 Å². The van der Waals surface area contributed by atoms with Gasteiger partial charge in [-0.25, -0.2) is 0 Å². The molecule has 70 valence electrons. The highest BCUT2D eigenvalue weighted by atomic mass is 32.2. The van der Waals surface area contributed by atoms with Gasteiger partial charge >= 0.3 is 0 Å². The van der Waals surface area contributed by atoms with E-state index in [1.807, 2.05) is 0 Å². The molecule has 0 bridgehead atoms. The van der Waals surface area contributed by atoms with E-state index in [0.29, 0.717) is 16.7 Å². The van der Waals surface area contributed by atoms with Crippen molar-refractivity contribution in [3.8, 4) is 0 Å². The quantitative estimate of drug-likeness (QED) is 0.744. The standard InChI is InChI=1S/C7H6O5S/c8-13(9,10)4-5-3-12-6-1-2-11-7(5)6/h1-3H,4H2,(H,8,9,10). The second kappa shape index (κ2) is 2.61. The van der Waals surface area contributed by atoms with Crippen LogP contribution in [0.2, 0.25) is 0 Å². The topological polar surface area (TPSA) is 80.7 Å². The molecule has 0 aliphatic heterocycles. The minimum Gasteiger partial charge on any atom is -0.460 e. The summed E-state index contributed by atoms with van der Waals surface area (Å²) in [5.41, 5.74) is 1.15. The second-order valence-electron chi connectivity index (χ2n) is 2.60. The molecule has 0 amide bonds. The summed E-state index contributed by atoms with van der Waals surface area (Å²) in [6.45, 7) is 0. The van der Waals surface area contributed by atoms with Crippen LogP contribution in [-0.4, -0.2) is 13.0 Å². The molecule has 0 saturated carbocycles. The average molecular weight is 202 g/mol. The summed E-state index contributed by atoms with van der Waals surface area (Å²) in [6, 6.07) is 1.57. The zero-order chi connectivity index (χ0) is 9.47. The molecule has 0 spiro atoms. The number of rotatable bonds is 2. The van der Waals surface area contributed by atoms with Gasteiger partial charge in [0, 0.05) is 6.07 Å². The van der Waals surface area contributed by atoms with Gasteiger partial charge in [-0.2, -0.15) is 8.42 Å². The highest BCUT2D eigenvalue weighted by molar-refractivity contribution is 7.85. The fourth-order valence-corrected chi connectivity index (χ4v) is 1.70. The third kappa shape index (κ3) is 1.58. The Morgan fingerprint density at radius 3 is 2.85 bits per heavy atom. The summed E-state index contributed by atoms with van der Waals surface area (Å²) >= 11 is 0. The average Bonchev–Trinajstić information content (AvgIpc) is 2.50. The monoisotopic (exact) mass is 202 g/mol. The van der Waals surface area contributed by atoms with Gasteiger partial charge in [-0.15, -0.1) is 0 Å². The molecule has 2 aromatic rings. The van der Waals surface area contributed by atoms with Gasteiger partial charge in [-0.3, -0.25) is 4.55 Å². The third-order valence-corrected chi connectivity index (χ3v) is 2.26. The van der Waals surface area contributed by atoms with Crippen molar-refractivity contribution in [1.29, 1.82) is 0 Å². The number of fused-ring (bicyclic) bond motifs is 1. The second-order valence-corrected chi connectivity index (χ2v) is 4.05. The largest absolute Gasteiger partial charge is 0.460 e. The minimum atomic E-state index is -4.04. The minimum absolute atomic E-state index is 0.322. The fraction of sp³-hybridized carbons (Fsp3) is 0.143. The molecule has 0 saturated heterocycles. The molecule has 5 nitrogen and oxygen atoms in total. The van der Waals surface area contributed by atoms with Crippen LogP contribution in [0.3, 0.4) is 0 Å². The van der Waals surface area contributed by atoms with Crippen molar-refractivity contribution >= 4 is 21.3 Å². The summed E-state index contributed by atoms with van der Waals surface area (Å²) in [4.78, 5) is 0. The Labute approximate surface area is 73.7 Å². The van der Waals surface area contributed by atoms with Crippen LogP contribution in [0.5, 0.6) is 0 Å². The number of furan rings is 2. The Balaban J connectivity index is 2.50. The van der Waals surface area contributed by atoms with Crippen molar-refractivity contribution in [2.75, 3.05) is 0 Å². The first-order valence-electron chi connectivity index (χ1n) is 3.45. The molecule has 0 aliphatic rings. The number of hydrogen-bond acceptors (Lipinski definition) is 4. The molecule has 0 atom stereocenters. The van der Waals surface area contributed by atoms with Gasteiger partial charge in [0.15, 0.2) is 11.2 Å². The van der Waals surface area contributed by atoms with E-state index in [4.69, 9.17) is 13.4 Å². The molecular weight excluding hydrogens is 196 g/mol. The zero-order valence-corrected chi connectivity index (χ0v) is 7.24. The smallest absolute Gasteiger partial charge is 0.269 e. The van der Waals surface area contributed by atoms with Gasteiger partial charge in [0.2, 0.25) is 0 Å². The summed E-state index contributed by atoms with van der Waals surface area (Å²) in [5.74, 6) is -0.493. The van der Waals surface area contributed by atoms with Gasteiger partial charge in [0.05, 0.1) is 18.1 Å². The van der Waals surface area contributed by atoms with Gasteiger partial charge < -0.3 is 8.83 Å². The molecule has 1 N–H and O–H groups in total. The Hall–Kier alpha value is -1.27. The van der Waals surface area contributed by atoms with Crippen molar-refractivity contribution in [2.24, 2.45) is 0 Å². The SMILES string of the molecule is O=S(=O)(O)Cc1coc2ccoc12. The van der Waals surface area contributed by atoms with E-state index in [-0.39, 0.29) is 0 Å². The zero-order valence-electron chi connectivity index (χ0n) is 6.43. The van der Waals surface area contributed by atoms with Crippen LogP contribution in [0.1, 0.15) is 5.56 Å². The lowest BCUT2D eigenvalue weighted by molar-refractivity contribution is 0.481. The van der Waals surface area contributed by atoms with E-state index in [0.717, 1.165) is 0 Å². The summed E-state index contributed by atoms with van der Waals surface area (Å²) < 4.78 is 39.6. The lowest BCUT2D eigenvalue weighted by Crippen LogP contribution is -2.00. The van der Waals surface area contributed by atoms with Crippen molar-refractivity contribution in [3.63, 3.8) is 0 Å². The number of hydrogen-bond donors (Lipinski definition) is 1. The first-order valence-corrected chi connectivity index (χ1v) is 5.06. The van der Waals surface area contributed by atoms with E-state index in [2.05, 4.69) is 0 Å². The van der Waals surface area contributed by atoms with Gasteiger partial charge in [-0.05, 0) is 0 Å². The van der Waals surface area contributed by atoms with Crippen LogP contribution in [0.25, 0.3) is 11.2 Å². The summed E-state index contributed by atoms with van der Waals surface area (Å²) in [7, 11) is -4.04. The van der Waals surface area contributed by atoms with Crippen LogP contribution >= 0.6 is 0 Å². The van der Waals surface area contributed by atoms with Gasteiger partial charge in [-0.1, -0.05) is 0 Å². The van der Waals surface area contributed by atoms with Crippen molar-refractivity contribution in [1.82, 2.24) is 0 Å². The molecule has 6 heteroatoms. The normalized spacial score (nSPS) is 12.4. The van der Waals surface area contributed by atoms with Gasteiger partial charge in [0.25, 0.3) is 10.1 Å². The molecule has 0 aliphatic carbocycles. The van der Waals surface area contributed by atoms with Crippen LogP contribution in [0.4, 0.5) is 0 Å². The molecule has 2 rings (SSSR count). The first kappa shape index (κ1) is 8.33. The molecule has 2 aromatic heterocycles. The molecule has 13 heavy (non-hydrogen) atoms. The van der Waals surface area contributed by atoms with E-state index < -0.39 is 15.9 Å². The highest BCUT2D eigenvalue weighted by Crippen LogP contribution is 2.23. The van der Waals surface area contributed by atoms with Crippen LogP contribution in [-0.2, 0) is 15.9 Å². The molecule has 2 heterocycles. The van der Waals surface area contributed by atoms with Crippen LogP contribution in [0, 0.1) is 0 Å². The Kier molecular flexibility index (Phi) is 1.67. The molecule has 0 fully saturated rings.